The van der Waals surface area contributed by atoms with Crippen molar-refractivity contribution in [2.75, 3.05) is 6.61 Å². The van der Waals surface area contributed by atoms with E-state index in [1.807, 2.05) is 12.2 Å². The molecule has 2 aliphatic rings. The van der Waals surface area contributed by atoms with Gasteiger partial charge in [-0.3, -0.25) is 0 Å². The second-order valence-electron chi connectivity index (χ2n) is 3.82. The van der Waals surface area contributed by atoms with Gasteiger partial charge in [-0.25, -0.2) is 0 Å². The highest BCUT2D eigenvalue weighted by Crippen LogP contribution is 2.43. The van der Waals surface area contributed by atoms with Crippen LogP contribution in [0.3, 0.4) is 0 Å². The minimum absolute atomic E-state index is 0.00845. The molecule has 0 saturated carbocycles. The Hall–Kier alpha value is -0.800. The highest BCUT2D eigenvalue weighted by molar-refractivity contribution is 5.23. The Labute approximate surface area is 77.3 Å². The molecule has 0 aromatic carbocycles. The minimum atomic E-state index is -1.16. The molecule has 2 N–H and O–H groups in total. The zero-order valence-corrected chi connectivity index (χ0v) is 7.60. The van der Waals surface area contributed by atoms with Crippen LogP contribution < -0.4 is 0 Å². The van der Waals surface area contributed by atoms with Crippen molar-refractivity contribution in [2.24, 2.45) is 11.8 Å². The number of aliphatic hydroxyl groups is 2. The Morgan fingerprint density at radius 2 is 2.46 bits per heavy atom. The van der Waals surface area contributed by atoms with Gasteiger partial charge in [0.15, 0.2) is 0 Å². The molecule has 0 amide bonds. The van der Waals surface area contributed by atoms with Gasteiger partial charge in [0, 0.05) is 6.92 Å². The van der Waals surface area contributed by atoms with Crippen molar-refractivity contribution in [1.29, 1.82) is 0 Å². The van der Waals surface area contributed by atoms with Crippen molar-refractivity contribution in [3.63, 3.8) is 0 Å². The Bertz CT molecular complexity index is 265. The lowest BCUT2D eigenvalue weighted by molar-refractivity contribution is -0.196. The third-order valence-corrected chi connectivity index (χ3v) is 2.87. The Morgan fingerprint density at radius 3 is 3.15 bits per heavy atom. The van der Waals surface area contributed by atoms with E-state index in [0.29, 0.717) is 0 Å². The summed E-state index contributed by atoms with van der Waals surface area (Å²) in [5.41, 5.74) is 0.888. The lowest BCUT2D eigenvalue weighted by atomic mass is 9.83. The zero-order valence-electron chi connectivity index (χ0n) is 7.60. The van der Waals surface area contributed by atoms with Crippen molar-refractivity contribution < 1.29 is 14.9 Å². The smallest absolute Gasteiger partial charge is 0.211 e. The second kappa shape index (κ2) is 2.86. The van der Waals surface area contributed by atoms with Gasteiger partial charge in [0.2, 0.25) is 5.79 Å². The predicted molar refractivity (Wildman–Crippen MR) is 47.6 cm³/mol. The molecule has 2 rings (SSSR count). The molecular formula is C10H14O3. The first-order valence-electron chi connectivity index (χ1n) is 4.52. The summed E-state index contributed by atoms with van der Waals surface area (Å²) in [6.07, 6.45) is 6.37. The van der Waals surface area contributed by atoms with Gasteiger partial charge >= 0.3 is 0 Å². The first-order chi connectivity index (χ1) is 6.15. The summed E-state index contributed by atoms with van der Waals surface area (Å²) in [6.45, 7) is 1.65. The summed E-state index contributed by atoms with van der Waals surface area (Å²) in [5.74, 6) is -0.960. The topological polar surface area (TPSA) is 49.7 Å². The molecule has 1 aliphatic heterocycles. The molecule has 0 radical (unpaired) electrons. The molecule has 1 unspecified atom stereocenters. The van der Waals surface area contributed by atoms with Crippen LogP contribution in [-0.4, -0.2) is 22.6 Å². The molecular weight excluding hydrogens is 168 g/mol. The molecule has 3 heteroatoms. The first kappa shape index (κ1) is 8.78. The molecule has 3 nitrogen and oxygen atoms in total. The fourth-order valence-electron chi connectivity index (χ4n) is 2.27. The third-order valence-electron chi connectivity index (χ3n) is 2.87. The summed E-state index contributed by atoms with van der Waals surface area (Å²) < 4.78 is 5.13. The van der Waals surface area contributed by atoms with Crippen LogP contribution >= 0.6 is 0 Å². The second-order valence-corrected chi connectivity index (χ2v) is 3.82. The summed E-state index contributed by atoms with van der Waals surface area (Å²) in [7, 11) is 0. The number of ether oxygens (including phenoxy) is 1. The maximum Gasteiger partial charge on any atom is 0.211 e. The standard InChI is InChI=1S/C10H14O3/c1-10(12)9-7(4-5-13-10)2-3-8(9)6-11/h3-5,7,9,11-12H,2,6H2,1H3/t7-,9-,10?/m0/s1. The number of rotatable bonds is 1. The molecule has 3 atom stereocenters. The van der Waals surface area contributed by atoms with E-state index in [-0.39, 0.29) is 18.4 Å². The van der Waals surface area contributed by atoms with Gasteiger partial charge in [0.05, 0.1) is 18.8 Å². The summed E-state index contributed by atoms with van der Waals surface area (Å²) >= 11 is 0. The van der Waals surface area contributed by atoms with E-state index in [0.717, 1.165) is 12.0 Å². The number of hydrogen-bond donors (Lipinski definition) is 2. The van der Waals surface area contributed by atoms with Crippen LogP contribution in [0, 0.1) is 11.8 Å². The van der Waals surface area contributed by atoms with Crippen LogP contribution in [0.1, 0.15) is 13.3 Å². The van der Waals surface area contributed by atoms with Crippen molar-refractivity contribution in [2.45, 2.75) is 19.1 Å². The lowest BCUT2D eigenvalue weighted by Gasteiger charge is -2.37. The first-order valence-corrected chi connectivity index (χ1v) is 4.52. The third kappa shape index (κ3) is 1.28. The quantitative estimate of drug-likeness (QED) is 0.589. The average molecular weight is 182 g/mol. The predicted octanol–water partition coefficient (Wildman–Crippen LogP) is 0.794. The molecule has 1 aliphatic carbocycles. The van der Waals surface area contributed by atoms with Crippen molar-refractivity contribution in [1.82, 2.24) is 0 Å². The SMILES string of the molecule is CC1(O)OC=C[C@@H]2CC=C(CO)[C@H]21. The molecule has 72 valence electrons. The van der Waals surface area contributed by atoms with Gasteiger partial charge in [0.1, 0.15) is 0 Å². The Kier molecular flexibility index (Phi) is 1.93. The molecule has 0 fully saturated rings. The zero-order chi connectivity index (χ0) is 9.47. The van der Waals surface area contributed by atoms with Crippen molar-refractivity contribution in [3.05, 3.63) is 24.0 Å². The summed E-state index contributed by atoms with van der Waals surface area (Å²) in [6, 6.07) is 0. The number of aliphatic hydroxyl groups excluding tert-OH is 1. The van der Waals surface area contributed by atoms with Gasteiger partial charge in [-0.05, 0) is 24.0 Å². The molecule has 0 bridgehead atoms. The highest BCUT2D eigenvalue weighted by atomic mass is 16.6. The maximum atomic E-state index is 9.92. The summed E-state index contributed by atoms with van der Waals surface area (Å²) in [4.78, 5) is 0. The van der Waals surface area contributed by atoms with Crippen LogP contribution in [0.4, 0.5) is 0 Å². The highest BCUT2D eigenvalue weighted by Gasteiger charge is 2.44. The van der Waals surface area contributed by atoms with Gasteiger partial charge in [0.25, 0.3) is 0 Å². The summed E-state index contributed by atoms with van der Waals surface area (Å²) in [5, 5.41) is 19.0. The van der Waals surface area contributed by atoms with Crippen molar-refractivity contribution in [3.8, 4) is 0 Å². The largest absolute Gasteiger partial charge is 0.470 e. The van der Waals surface area contributed by atoms with E-state index in [2.05, 4.69) is 0 Å². The molecule has 13 heavy (non-hydrogen) atoms. The molecule has 0 spiro atoms. The van der Waals surface area contributed by atoms with Crippen LogP contribution in [0.25, 0.3) is 0 Å². The molecule has 0 saturated heterocycles. The number of hydrogen-bond acceptors (Lipinski definition) is 3. The van der Waals surface area contributed by atoms with Crippen LogP contribution in [0.2, 0.25) is 0 Å². The Morgan fingerprint density at radius 1 is 1.69 bits per heavy atom. The minimum Gasteiger partial charge on any atom is -0.470 e. The van der Waals surface area contributed by atoms with E-state index < -0.39 is 5.79 Å². The van der Waals surface area contributed by atoms with E-state index >= 15 is 0 Å². The number of fused-ring (bicyclic) bond motifs is 1. The molecule has 1 heterocycles. The number of allylic oxidation sites excluding steroid dienone is 2. The van der Waals surface area contributed by atoms with Crippen LogP contribution in [-0.2, 0) is 4.74 Å². The van der Waals surface area contributed by atoms with Crippen LogP contribution in [0.15, 0.2) is 24.0 Å². The van der Waals surface area contributed by atoms with Gasteiger partial charge < -0.3 is 14.9 Å². The van der Waals surface area contributed by atoms with E-state index in [4.69, 9.17) is 9.84 Å². The van der Waals surface area contributed by atoms with Gasteiger partial charge in [-0.1, -0.05) is 6.08 Å². The lowest BCUT2D eigenvalue weighted by Crippen LogP contribution is -2.42. The monoisotopic (exact) mass is 182 g/mol. The van der Waals surface area contributed by atoms with Crippen molar-refractivity contribution >= 4 is 0 Å². The van der Waals surface area contributed by atoms with E-state index in [1.54, 1.807) is 13.2 Å². The fraction of sp³-hybridized carbons (Fsp3) is 0.600. The molecule has 0 aromatic heterocycles. The average Bonchev–Trinajstić information content (AvgIpc) is 2.48. The van der Waals surface area contributed by atoms with Gasteiger partial charge in [-0.15, -0.1) is 0 Å². The molecule has 0 aromatic rings. The normalized spacial score (nSPS) is 42.5. The van der Waals surface area contributed by atoms with E-state index in [1.165, 1.54) is 0 Å². The maximum absolute atomic E-state index is 9.92. The Balaban J connectivity index is 2.30. The van der Waals surface area contributed by atoms with Crippen LogP contribution in [0.5, 0.6) is 0 Å². The van der Waals surface area contributed by atoms with E-state index in [9.17, 15) is 5.11 Å². The van der Waals surface area contributed by atoms with Gasteiger partial charge in [-0.2, -0.15) is 0 Å². The fourth-order valence-corrected chi connectivity index (χ4v) is 2.27.